The van der Waals surface area contributed by atoms with Gasteiger partial charge in [0.25, 0.3) is 0 Å². The Kier molecular flexibility index (Phi) is 4.58. The van der Waals surface area contributed by atoms with Gasteiger partial charge in [-0.25, -0.2) is 9.59 Å². The van der Waals surface area contributed by atoms with Crippen LogP contribution in [0.2, 0.25) is 0 Å². The molecule has 1 fully saturated rings. The fraction of sp³-hybridized carbons (Fsp3) is 0.818. The molecule has 5 heteroatoms. The van der Waals surface area contributed by atoms with Gasteiger partial charge in [0.2, 0.25) is 0 Å². The van der Waals surface area contributed by atoms with Gasteiger partial charge in [0, 0.05) is 13.1 Å². The summed E-state index contributed by atoms with van der Waals surface area (Å²) in [6, 6.07) is -0.762. The highest BCUT2D eigenvalue weighted by Crippen LogP contribution is 2.15. The first-order valence-electron chi connectivity index (χ1n) is 5.68. The molecule has 0 aromatic rings. The highest BCUT2D eigenvalue weighted by molar-refractivity contribution is 5.83. The summed E-state index contributed by atoms with van der Waals surface area (Å²) in [6.45, 7) is 5.34. The number of carbonyl (C=O) groups excluding carboxylic acids is 2. The normalized spacial score (nSPS) is 19.1. The Morgan fingerprint density at radius 1 is 1.38 bits per heavy atom. The highest BCUT2D eigenvalue weighted by Gasteiger charge is 2.23. The van der Waals surface area contributed by atoms with E-state index in [1.165, 1.54) is 7.11 Å². The average Bonchev–Trinajstić information content (AvgIpc) is 2.28. The fourth-order valence-corrected chi connectivity index (χ4v) is 1.72. The molecule has 1 heterocycles. The topological polar surface area (TPSA) is 58.6 Å². The van der Waals surface area contributed by atoms with Gasteiger partial charge in [-0.1, -0.05) is 6.92 Å². The van der Waals surface area contributed by atoms with Gasteiger partial charge < -0.3 is 15.0 Å². The van der Waals surface area contributed by atoms with E-state index in [-0.39, 0.29) is 6.03 Å². The molecule has 0 aliphatic carbocycles. The zero-order chi connectivity index (χ0) is 12.1. The van der Waals surface area contributed by atoms with E-state index in [1.807, 2.05) is 0 Å². The Balaban J connectivity index is 2.37. The van der Waals surface area contributed by atoms with Crippen molar-refractivity contribution < 1.29 is 14.3 Å². The van der Waals surface area contributed by atoms with E-state index < -0.39 is 12.0 Å². The van der Waals surface area contributed by atoms with Crippen LogP contribution in [0.5, 0.6) is 0 Å². The number of esters is 1. The maximum atomic E-state index is 11.7. The molecule has 1 N–H and O–H groups in total. The van der Waals surface area contributed by atoms with Crippen molar-refractivity contribution in [2.75, 3.05) is 20.2 Å². The predicted octanol–water partition coefficient (Wildman–Crippen LogP) is 0.989. The number of piperidine rings is 1. The lowest BCUT2D eigenvalue weighted by Gasteiger charge is -2.31. The standard InChI is InChI=1S/C11H20N2O3/c1-8-4-6-13(7-5-8)11(15)12-9(2)10(14)16-3/h8-9H,4-7H2,1-3H3,(H,12,15). The van der Waals surface area contributed by atoms with Gasteiger partial charge in [-0.3, -0.25) is 0 Å². The van der Waals surface area contributed by atoms with Crippen LogP contribution in [0.25, 0.3) is 0 Å². The molecular formula is C11H20N2O3. The first kappa shape index (κ1) is 12.8. The molecule has 1 saturated heterocycles. The van der Waals surface area contributed by atoms with E-state index in [2.05, 4.69) is 17.0 Å². The Morgan fingerprint density at radius 2 is 1.94 bits per heavy atom. The summed E-state index contributed by atoms with van der Waals surface area (Å²) >= 11 is 0. The molecule has 1 unspecified atom stereocenters. The molecule has 0 spiro atoms. The predicted molar refractivity (Wildman–Crippen MR) is 60.0 cm³/mol. The van der Waals surface area contributed by atoms with Crippen molar-refractivity contribution in [1.29, 1.82) is 0 Å². The Hall–Kier alpha value is -1.26. The summed E-state index contributed by atoms with van der Waals surface area (Å²) in [4.78, 5) is 24.6. The lowest BCUT2D eigenvalue weighted by molar-refractivity contribution is -0.142. The molecule has 0 bridgehead atoms. The molecule has 2 amide bonds. The van der Waals surface area contributed by atoms with Crippen LogP contribution in [-0.2, 0) is 9.53 Å². The number of likely N-dealkylation sites (tertiary alicyclic amines) is 1. The minimum atomic E-state index is -0.586. The van der Waals surface area contributed by atoms with Crippen molar-refractivity contribution in [3.63, 3.8) is 0 Å². The smallest absolute Gasteiger partial charge is 0.328 e. The number of ether oxygens (including phenoxy) is 1. The third-order valence-corrected chi connectivity index (χ3v) is 2.97. The number of urea groups is 1. The van der Waals surface area contributed by atoms with Gasteiger partial charge in [0.1, 0.15) is 6.04 Å². The third kappa shape index (κ3) is 3.40. The molecule has 1 aliphatic rings. The minimum absolute atomic E-state index is 0.176. The Bertz CT molecular complexity index is 260. The SMILES string of the molecule is COC(=O)C(C)NC(=O)N1CCC(C)CC1. The van der Waals surface area contributed by atoms with Gasteiger partial charge in [0.15, 0.2) is 0 Å². The van der Waals surface area contributed by atoms with Gasteiger partial charge in [-0.15, -0.1) is 0 Å². The van der Waals surface area contributed by atoms with Crippen LogP contribution in [0.3, 0.4) is 0 Å². The van der Waals surface area contributed by atoms with Crippen molar-refractivity contribution >= 4 is 12.0 Å². The molecule has 5 nitrogen and oxygen atoms in total. The van der Waals surface area contributed by atoms with Crippen molar-refractivity contribution in [2.24, 2.45) is 5.92 Å². The summed E-state index contributed by atoms with van der Waals surface area (Å²) < 4.78 is 4.55. The molecule has 0 saturated carbocycles. The van der Waals surface area contributed by atoms with Crippen LogP contribution in [-0.4, -0.2) is 43.1 Å². The molecule has 1 atom stereocenters. The van der Waals surface area contributed by atoms with Crippen LogP contribution in [0.1, 0.15) is 26.7 Å². The Labute approximate surface area is 96.1 Å². The number of hydrogen-bond donors (Lipinski definition) is 1. The van der Waals surface area contributed by atoms with Gasteiger partial charge in [-0.05, 0) is 25.7 Å². The molecular weight excluding hydrogens is 208 g/mol. The third-order valence-electron chi connectivity index (χ3n) is 2.97. The van der Waals surface area contributed by atoms with Gasteiger partial charge in [0.05, 0.1) is 7.11 Å². The molecule has 92 valence electrons. The lowest BCUT2D eigenvalue weighted by atomic mass is 10.00. The van der Waals surface area contributed by atoms with Crippen molar-refractivity contribution in [1.82, 2.24) is 10.2 Å². The molecule has 1 aliphatic heterocycles. The monoisotopic (exact) mass is 228 g/mol. The zero-order valence-corrected chi connectivity index (χ0v) is 10.2. The fourth-order valence-electron chi connectivity index (χ4n) is 1.72. The number of carbonyl (C=O) groups is 2. The van der Waals surface area contributed by atoms with E-state index in [4.69, 9.17) is 0 Å². The van der Waals surface area contributed by atoms with Gasteiger partial charge >= 0.3 is 12.0 Å². The summed E-state index contributed by atoms with van der Waals surface area (Å²) in [6.07, 6.45) is 2.06. The highest BCUT2D eigenvalue weighted by atomic mass is 16.5. The van der Waals surface area contributed by atoms with Crippen LogP contribution in [0, 0.1) is 5.92 Å². The van der Waals surface area contributed by atoms with Crippen LogP contribution >= 0.6 is 0 Å². The first-order chi connectivity index (χ1) is 7.54. The second-order valence-electron chi connectivity index (χ2n) is 4.36. The second-order valence-corrected chi connectivity index (χ2v) is 4.36. The van der Waals surface area contributed by atoms with E-state index in [1.54, 1.807) is 11.8 Å². The zero-order valence-electron chi connectivity index (χ0n) is 10.2. The minimum Gasteiger partial charge on any atom is -0.467 e. The summed E-state index contributed by atoms with van der Waals surface area (Å²) in [5.41, 5.74) is 0. The van der Waals surface area contributed by atoms with Crippen molar-refractivity contribution in [2.45, 2.75) is 32.7 Å². The van der Waals surface area contributed by atoms with Crippen LogP contribution in [0.15, 0.2) is 0 Å². The van der Waals surface area contributed by atoms with Crippen molar-refractivity contribution in [3.8, 4) is 0 Å². The average molecular weight is 228 g/mol. The van der Waals surface area contributed by atoms with Crippen LogP contribution < -0.4 is 5.32 Å². The quantitative estimate of drug-likeness (QED) is 0.717. The summed E-state index contributed by atoms with van der Waals surface area (Å²) in [7, 11) is 1.31. The number of methoxy groups -OCH3 is 1. The number of rotatable bonds is 2. The van der Waals surface area contributed by atoms with E-state index in [0.29, 0.717) is 5.92 Å². The first-order valence-corrected chi connectivity index (χ1v) is 5.68. The van der Waals surface area contributed by atoms with E-state index >= 15 is 0 Å². The lowest BCUT2D eigenvalue weighted by Crippen LogP contribution is -2.49. The molecule has 1 rings (SSSR count). The second kappa shape index (κ2) is 5.72. The number of amides is 2. The number of hydrogen-bond acceptors (Lipinski definition) is 3. The van der Waals surface area contributed by atoms with E-state index in [0.717, 1.165) is 25.9 Å². The molecule has 16 heavy (non-hydrogen) atoms. The summed E-state index contributed by atoms with van der Waals surface area (Å²) in [5, 5.41) is 2.63. The molecule has 0 aromatic heterocycles. The van der Waals surface area contributed by atoms with Crippen LogP contribution in [0.4, 0.5) is 4.79 Å². The molecule has 0 aromatic carbocycles. The summed E-state index contributed by atoms with van der Waals surface area (Å²) in [5.74, 6) is 0.265. The van der Waals surface area contributed by atoms with E-state index in [9.17, 15) is 9.59 Å². The Morgan fingerprint density at radius 3 is 2.44 bits per heavy atom. The number of nitrogens with one attached hydrogen (secondary N) is 1. The van der Waals surface area contributed by atoms with Gasteiger partial charge in [-0.2, -0.15) is 0 Å². The number of nitrogens with zero attached hydrogens (tertiary/aromatic N) is 1. The van der Waals surface area contributed by atoms with Crippen molar-refractivity contribution in [3.05, 3.63) is 0 Å². The maximum Gasteiger partial charge on any atom is 0.328 e. The molecule has 0 radical (unpaired) electrons. The largest absolute Gasteiger partial charge is 0.467 e. The maximum absolute atomic E-state index is 11.7.